The number of anilines is 1. The van der Waals surface area contributed by atoms with Crippen molar-refractivity contribution in [1.29, 1.82) is 5.26 Å². The third-order valence-corrected chi connectivity index (χ3v) is 9.88. The highest BCUT2D eigenvalue weighted by molar-refractivity contribution is 7.92. The number of hydrogen-bond donors (Lipinski definition) is 3. The van der Waals surface area contributed by atoms with E-state index in [2.05, 4.69) is 51.7 Å². The standard InChI is InChI=1S/C28H38N8O3S/c1-17(2)40(37,38)27-24(16-36(5)34-27)32-26-20(14-29)15-31-28(30,33-26)23-12-18(3)22(13-25(23)39-21-6-7-21)19-8-10-35(4)11-9-19/h12-13,15-17,19,21,32-33H,6-11,30H2,1-5H3. The van der Waals surface area contributed by atoms with Crippen molar-refractivity contribution in [2.75, 3.05) is 25.5 Å². The Balaban J connectivity index is 1.51. The summed E-state index contributed by atoms with van der Waals surface area (Å²) in [4.78, 5) is 6.91. The largest absolute Gasteiger partial charge is 0.490 e. The number of nitriles is 1. The number of benzene rings is 1. The lowest BCUT2D eigenvalue weighted by atomic mass is 9.85. The zero-order valence-electron chi connectivity index (χ0n) is 23.7. The van der Waals surface area contributed by atoms with Gasteiger partial charge in [0.15, 0.2) is 0 Å². The molecule has 0 bridgehead atoms. The number of nitrogens with two attached hydrogens (primary N) is 1. The Bertz CT molecular complexity index is 1510. The number of aryl methyl sites for hydroxylation is 2. The lowest BCUT2D eigenvalue weighted by Gasteiger charge is -2.35. The highest BCUT2D eigenvalue weighted by atomic mass is 32.2. The van der Waals surface area contributed by atoms with Crippen molar-refractivity contribution in [3.63, 3.8) is 0 Å². The predicted molar refractivity (Wildman–Crippen MR) is 154 cm³/mol. The summed E-state index contributed by atoms with van der Waals surface area (Å²) in [5.41, 5.74) is 10.4. The second-order valence-corrected chi connectivity index (χ2v) is 13.8. The average molecular weight is 567 g/mol. The minimum absolute atomic E-state index is 0.0993. The Morgan fingerprint density at radius 3 is 2.55 bits per heavy atom. The number of aromatic nitrogens is 2. The third-order valence-electron chi connectivity index (χ3n) is 7.80. The molecule has 12 heteroatoms. The molecule has 4 N–H and O–H groups in total. The molecule has 1 unspecified atom stereocenters. The molecule has 1 saturated heterocycles. The van der Waals surface area contributed by atoms with Crippen LogP contribution >= 0.6 is 0 Å². The van der Waals surface area contributed by atoms with Crippen molar-refractivity contribution in [3.05, 3.63) is 46.4 Å². The molecule has 2 aromatic rings. The minimum Gasteiger partial charge on any atom is -0.490 e. The Kier molecular flexibility index (Phi) is 7.41. The van der Waals surface area contributed by atoms with Crippen LogP contribution in [0.15, 0.2) is 39.7 Å². The van der Waals surface area contributed by atoms with Gasteiger partial charge >= 0.3 is 0 Å². The van der Waals surface area contributed by atoms with E-state index in [4.69, 9.17) is 10.5 Å². The molecule has 0 amide bonds. The molecule has 5 rings (SSSR count). The summed E-state index contributed by atoms with van der Waals surface area (Å²) >= 11 is 0. The molecule has 1 saturated carbocycles. The third kappa shape index (κ3) is 5.46. The van der Waals surface area contributed by atoms with Crippen LogP contribution in [-0.2, 0) is 22.7 Å². The minimum atomic E-state index is -3.70. The summed E-state index contributed by atoms with van der Waals surface area (Å²) < 4.78 is 33.8. The summed E-state index contributed by atoms with van der Waals surface area (Å²) in [5.74, 6) is -0.0963. The first-order valence-electron chi connectivity index (χ1n) is 13.7. The van der Waals surface area contributed by atoms with Gasteiger partial charge in [0.05, 0.1) is 22.6 Å². The van der Waals surface area contributed by atoms with Crippen LogP contribution in [0.25, 0.3) is 0 Å². The first-order valence-corrected chi connectivity index (χ1v) is 15.3. The van der Waals surface area contributed by atoms with E-state index in [1.54, 1.807) is 27.1 Å². The van der Waals surface area contributed by atoms with Gasteiger partial charge in [0.2, 0.25) is 20.7 Å². The summed E-state index contributed by atoms with van der Waals surface area (Å²) in [7, 11) is 0.0989. The van der Waals surface area contributed by atoms with Gasteiger partial charge in [-0.3, -0.25) is 10.4 Å². The molecule has 1 aromatic heterocycles. The number of rotatable bonds is 8. The quantitative estimate of drug-likeness (QED) is 0.438. The smallest absolute Gasteiger partial charge is 0.213 e. The van der Waals surface area contributed by atoms with E-state index in [0.29, 0.717) is 17.2 Å². The molecule has 1 aliphatic carbocycles. The second kappa shape index (κ2) is 10.5. The van der Waals surface area contributed by atoms with Gasteiger partial charge in [0.25, 0.3) is 0 Å². The zero-order valence-corrected chi connectivity index (χ0v) is 24.5. The van der Waals surface area contributed by atoms with Gasteiger partial charge < -0.3 is 20.3 Å². The molecule has 2 aliphatic heterocycles. The highest BCUT2D eigenvalue weighted by Crippen LogP contribution is 2.40. The summed E-state index contributed by atoms with van der Waals surface area (Å²) in [6.07, 6.45) is 7.26. The van der Waals surface area contributed by atoms with Crippen molar-refractivity contribution < 1.29 is 13.2 Å². The van der Waals surface area contributed by atoms with Gasteiger partial charge in [-0.2, -0.15) is 10.4 Å². The summed E-state index contributed by atoms with van der Waals surface area (Å²) in [6.45, 7) is 7.39. The van der Waals surface area contributed by atoms with Crippen LogP contribution in [0.4, 0.5) is 5.69 Å². The molecule has 0 spiro atoms. The maximum Gasteiger partial charge on any atom is 0.213 e. The van der Waals surface area contributed by atoms with E-state index >= 15 is 0 Å². The van der Waals surface area contributed by atoms with E-state index in [0.717, 1.165) is 44.3 Å². The Hall–Kier alpha value is -3.40. The number of likely N-dealkylation sites (tertiary alicyclic amines) is 1. The predicted octanol–water partition coefficient (Wildman–Crippen LogP) is 2.85. The van der Waals surface area contributed by atoms with Crippen LogP contribution in [0.3, 0.4) is 0 Å². The molecule has 1 atom stereocenters. The van der Waals surface area contributed by atoms with E-state index in [1.165, 1.54) is 16.5 Å². The van der Waals surface area contributed by atoms with E-state index in [9.17, 15) is 13.7 Å². The van der Waals surface area contributed by atoms with E-state index in [-0.39, 0.29) is 28.2 Å². The van der Waals surface area contributed by atoms with Crippen molar-refractivity contribution in [2.24, 2.45) is 17.8 Å². The van der Waals surface area contributed by atoms with E-state index in [1.807, 2.05) is 6.07 Å². The van der Waals surface area contributed by atoms with Crippen LogP contribution in [0.1, 0.15) is 62.1 Å². The molecule has 0 radical (unpaired) electrons. The maximum atomic E-state index is 13.0. The van der Waals surface area contributed by atoms with Gasteiger partial charge in [-0.05, 0) is 95.8 Å². The molecule has 3 aliphatic rings. The monoisotopic (exact) mass is 566 g/mol. The maximum absolute atomic E-state index is 13.0. The Morgan fingerprint density at radius 1 is 1.23 bits per heavy atom. The molecular weight excluding hydrogens is 528 g/mol. The topological polar surface area (TPSA) is 151 Å². The molecule has 1 aromatic carbocycles. The van der Waals surface area contributed by atoms with Gasteiger partial charge in [0, 0.05) is 19.5 Å². The molecule has 3 heterocycles. The Labute approximate surface area is 236 Å². The second-order valence-electron chi connectivity index (χ2n) is 11.4. The number of nitrogens with zero attached hydrogens (tertiary/aromatic N) is 5. The van der Waals surface area contributed by atoms with E-state index < -0.39 is 20.9 Å². The first kappa shape index (κ1) is 28.1. The lowest BCUT2D eigenvalue weighted by Crippen LogP contribution is -2.52. The van der Waals surface area contributed by atoms with Crippen LogP contribution in [0.2, 0.25) is 0 Å². The summed E-state index contributed by atoms with van der Waals surface area (Å²) in [5, 5.41) is 19.5. The fraction of sp³-hybridized carbons (Fsp3) is 0.536. The summed E-state index contributed by atoms with van der Waals surface area (Å²) in [6, 6.07) is 6.27. The number of sulfone groups is 1. The zero-order chi connectivity index (χ0) is 28.8. The molecule has 214 valence electrons. The molecular formula is C28H38N8O3S. The fourth-order valence-electron chi connectivity index (χ4n) is 5.19. The van der Waals surface area contributed by atoms with Crippen molar-refractivity contribution in [3.8, 4) is 11.8 Å². The number of aliphatic imine (C=N–C) groups is 1. The molecule has 2 fully saturated rings. The van der Waals surface area contributed by atoms with Crippen LogP contribution in [0.5, 0.6) is 5.75 Å². The van der Waals surface area contributed by atoms with Gasteiger partial charge in [-0.1, -0.05) is 0 Å². The lowest BCUT2D eigenvalue weighted by molar-refractivity contribution is 0.253. The highest BCUT2D eigenvalue weighted by Gasteiger charge is 2.38. The Morgan fingerprint density at radius 2 is 1.93 bits per heavy atom. The normalized spacial score (nSPS) is 22.4. The number of hydrogen-bond acceptors (Lipinski definition) is 10. The first-order chi connectivity index (χ1) is 18.9. The van der Waals surface area contributed by atoms with Crippen molar-refractivity contribution >= 4 is 21.7 Å². The number of nitrogens with one attached hydrogen (secondary N) is 2. The number of piperidine rings is 1. The average Bonchev–Trinajstić information content (AvgIpc) is 3.64. The molecule has 11 nitrogen and oxygen atoms in total. The van der Waals surface area contributed by atoms with Crippen molar-refractivity contribution in [2.45, 2.75) is 74.5 Å². The van der Waals surface area contributed by atoms with Crippen LogP contribution < -0.4 is 21.1 Å². The molecule has 40 heavy (non-hydrogen) atoms. The fourth-order valence-corrected chi connectivity index (χ4v) is 6.29. The van der Waals surface area contributed by atoms with Gasteiger partial charge in [-0.15, -0.1) is 0 Å². The van der Waals surface area contributed by atoms with Gasteiger partial charge in [-0.25, -0.2) is 13.4 Å². The van der Waals surface area contributed by atoms with Crippen molar-refractivity contribution in [1.82, 2.24) is 20.0 Å². The van der Waals surface area contributed by atoms with Gasteiger partial charge in [0.1, 0.15) is 23.2 Å². The number of ether oxygens (including phenoxy) is 1. The van der Waals surface area contributed by atoms with Crippen LogP contribution in [-0.4, -0.2) is 60.8 Å². The van der Waals surface area contributed by atoms with Crippen LogP contribution in [0, 0.1) is 18.3 Å². The number of allylic oxidation sites excluding steroid dienone is 1. The SMILES string of the molecule is Cc1cc(C2(N)N=CC(C#N)=C(Nc3cn(C)nc3S(=O)(=O)C(C)C)N2)c(OC2CC2)cc1C1CCN(C)CC1.